The summed E-state index contributed by atoms with van der Waals surface area (Å²) in [5.41, 5.74) is 0.979. The van der Waals surface area contributed by atoms with E-state index in [1.54, 1.807) is 7.05 Å². The van der Waals surface area contributed by atoms with Crippen molar-refractivity contribution in [3.8, 4) is 0 Å². The maximum atomic E-state index is 5.26. The van der Waals surface area contributed by atoms with Crippen molar-refractivity contribution in [2.45, 2.75) is 39.7 Å². The predicted octanol–water partition coefficient (Wildman–Crippen LogP) is 3.05. The van der Waals surface area contributed by atoms with E-state index in [9.17, 15) is 0 Å². The summed E-state index contributed by atoms with van der Waals surface area (Å²) in [4.78, 5) is 4.15. The van der Waals surface area contributed by atoms with Crippen molar-refractivity contribution in [1.82, 2.24) is 15.8 Å². The Labute approximate surface area is 138 Å². The lowest BCUT2D eigenvalue weighted by molar-refractivity contribution is 0.372. The van der Waals surface area contributed by atoms with E-state index in [0.717, 1.165) is 30.4 Å². The van der Waals surface area contributed by atoms with Crippen LogP contribution in [0, 0.1) is 0 Å². The SMILES string of the molecule is CC=CCCNC(=NC)NCc1cc(C(C)C)no1.I. The summed E-state index contributed by atoms with van der Waals surface area (Å²) in [5.74, 6) is 1.97. The van der Waals surface area contributed by atoms with Crippen LogP contribution < -0.4 is 10.6 Å². The van der Waals surface area contributed by atoms with Crippen LogP contribution in [-0.4, -0.2) is 24.7 Å². The number of aliphatic imine (C=N–C) groups is 1. The second-order valence-corrected chi connectivity index (χ2v) is 4.58. The van der Waals surface area contributed by atoms with Crippen LogP contribution in [0.1, 0.15) is 44.6 Å². The molecule has 20 heavy (non-hydrogen) atoms. The van der Waals surface area contributed by atoms with Gasteiger partial charge in [0.05, 0.1) is 12.2 Å². The van der Waals surface area contributed by atoms with Crippen molar-refractivity contribution in [3.63, 3.8) is 0 Å². The molecule has 0 unspecified atom stereocenters. The van der Waals surface area contributed by atoms with E-state index in [4.69, 9.17) is 4.52 Å². The van der Waals surface area contributed by atoms with Gasteiger partial charge < -0.3 is 15.2 Å². The number of allylic oxidation sites excluding steroid dienone is 1. The van der Waals surface area contributed by atoms with E-state index in [1.165, 1.54) is 0 Å². The van der Waals surface area contributed by atoms with Gasteiger partial charge >= 0.3 is 0 Å². The van der Waals surface area contributed by atoms with Crippen LogP contribution in [0.2, 0.25) is 0 Å². The van der Waals surface area contributed by atoms with E-state index < -0.39 is 0 Å². The van der Waals surface area contributed by atoms with Gasteiger partial charge in [0, 0.05) is 19.7 Å². The molecule has 114 valence electrons. The largest absolute Gasteiger partial charge is 0.359 e. The maximum absolute atomic E-state index is 5.26. The van der Waals surface area contributed by atoms with Crippen LogP contribution in [0.4, 0.5) is 0 Å². The number of nitrogens with zero attached hydrogens (tertiary/aromatic N) is 2. The Hall–Kier alpha value is -1.05. The molecule has 0 atom stereocenters. The molecule has 6 heteroatoms. The van der Waals surface area contributed by atoms with Crippen LogP contribution >= 0.6 is 24.0 Å². The first-order valence-electron chi connectivity index (χ1n) is 6.68. The number of rotatable bonds is 6. The summed E-state index contributed by atoms with van der Waals surface area (Å²) in [6, 6.07) is 1.98. The molecule has 0 saturated carbocycles. The summed E-state index contributed by atoms with van der Waals surface area (Å²) < 4.78 is 5.26. The predicted molar refractivity (Wildman–Crippen MR) is 93.6 cm³/mol. The number of hydrogen-bond donors (Lipinski definition) is 2. The van der Waals surface area contributed by atoms with Gasteiger partial charge in [-0.25, -0.2) is 0 Å². The summed E-state index contributed by atoms with van der Waals surface area (Å²) in [7, 11) is 1.75. The van der Waals surface area contributed by atoms with Gasteiger partial charge in [0.1, 0.15) is 0 Å². The Kier molecular flexibility index (Phi) is 10.1. The molecule has 0 bridgehead atoms. The van der Waals surface area contributed by atoms with Crippen molar-refractivity contribution in [2.75, 3.05) is 13.6 Å². The lowest BCUT2D eigenvalue weighted by Crippen LogP contribution is -2.37. The molecule has 0 aliphatic carbocycles. The number of halogens is 1. The Balaban J connectivity index is 0.00000361. The third-order valence-electron chi connectivity index (χ3n) is 2.66. The molecule has 1 aromatic heterocycles. The molecule has 0 spiro atoms. The third-order valence-corrected chi connectivity index (χ3v) is 2.66. The molecule has 1 rings (SSSR count). The fourth-order valence-corrected chi connectivity index (χ4v) is 1.52. The fourth-order valence-electron chi connectivity index (χ4n) is 1.52. The minimum absolute atomic E-state index is 0. The first kappa shape index (κ1) is 18.9. The molecular formula is C14H25IN4O. The lowest BCUT2D eigenvalue weighted by atomic mass is 10.1. The fraction of sp³-hybridized carbons (Fsp3) is 0.571. The van der Waals surface area contributed by atoms with Gasteiger partial charge in [-0.1, -0.05) is 31.2 Å². The van der Waals surface area contributed by atoms with Crippen LogP contribution in [0.25, 0.3) is 0 Å². The minimum atomic E-state index is 0. The smallest absolute Gasteiger partial charge is 0.191 e. The number of nitrogens with one attached hydrogen (secondary N) is 2. The highest BCUT2D eigenvalue weighted by Gasteiger charge is 2.07. The first-order chi connectivity index (χ1) is 9.17. The Morgan fingerprint density at radius 1 is 1.45 bits per heavy atom. The van der Waals surface area contributed by atoms with E-state index in [0.29, 0.717) is 12.5 Å². The molecule has 1 heterocycles. The quantitative estimate of drug-likeness (QED) is 0.257. The van der Waals surface area contributed by atoms with E-state index in [2.05, 4.69) is 40.7 Å². The molecule has 0 saturated heterocycles. The molecule has 0 radical (unpaired) electrons. The second-order valence-electron chi connectivity index (χ2n) is 4.58. The highest BCUT2D eigenvalue weighted by atomic mass is 127. The van der Waals surface area contributed by atoms with Gasteiger partial charge in [-0.3, -0.25) is 4.99 Å². The Morgan fingerprint density at radius 3 is 2.75 bits per heavy atom. The van der Waals surface area contributed by atoms with Gasteiger partial charge in [-0.2, -0.15) is 0 Å². The minimum Gasteiger partial charge on any atom is -0.359 e. The zero-order valence-corrected chi connectivity index (χ0v) is 15.0. The summed E-state index contributed by atoms with van der Waals surface area (Å²) in [6.45, 7) is 7.65. The Bertz CT molecular complexity index is 427. The average molecular weight is 392 g/mol. The molecule has 0 aliphatic rings. The second kappa shape index (κ2) is 10.7. The molecular weight excluding hydrogens is 367 g/mol. The number of guanidine groups is 1. The molecule has 1 aromatic rings. The highest BCUT2D eigenvalue weighted by molar-refractivity contribution is 14.0. The average Bonchev–Trinajstić information content (AvgIpc) is 2.87. The molecule has 0 aromatic carbocycles. The maximum Gasteiger partial charge on any atom is 0.191 e. The van der Waals surface area contributed by atoms with Crippen LogP contribution in [0.5, 0.6) is 0 Å². The van der Waals surface area contributed by atoms with Crippen LogP contribution in [0.3, 0.4) is 0 Å². The van der Waals surface area contributed by atoms with Crippen molar-refractivity contribution in [3.05, 3.63) is 29.7 Å². The summed E-state index contributed by atoms with van der Waals surface area (Å²) >= 11 is 0. The van der Waals surface area contributed by atoms with Gasteiger partial charge in [-0.15, -0.1) is 24.0 Å². The first-order valence-corrected chi connectivity index (χ1v) is 6.68. The van der Waals surface area contributed by atoms with Crippen molar-refractivity contribution in [2.24, 2.45) is 4.99 Å². The van der Waals surface area contributed by atoms with Crippen LogP contribution in [0.15, 0.2) is 27.7 Å². The lowest BCUT2D eigenvalue weighted by Gasteiger charge is -2.09. The van der Waals surface area contributed by atoms with Gasteiger partial charge in [0.2, 0.25) is 0 Å². The van der Waals surface area contributed by atoms with Crippen molar-refractivity contribution < 1.29 is 4.52 Å². The van der Waals surface area contributed by atoms with Crippen molar-refractivity contribution in [1.29, 1.82) is 0 Å². The van der Waals surface area contributed by atoms with Gasteiger partial charge in [0.15, 0.2) is 11.7 Å². The molecule has 2 N–H and O–H groups in total. The third kappa shape index (κ3) is 6.93. The van der Waals surface area contributed by atoms with E-state index >= 15 is 0 Å². The number of hydrogen-bond acceptors (Lipinski definition) is 3. The molecule has 0 amide bonds. The summed E-state index contributed by atoms with van der Waals surface area (Å²) in [5, 5.41) is 10.4. The van der Waals surface area contributed by atoms with E-state index in [-0.39, 0.29) is 24.0 Å². The molecule has 0 fully saturated rings. The zero-order valence-electron chi connectivity index (χ0n) is 12.6. The topological polar surface area (TPSA) is 62.5 Å². The monoisotopic (exact) mass is 392 g/mol. The summed E-state index contributed by atoms with van der Waals surface area (Å²) in [6.07, 6.45) is 5.14. The number of aromatic nitrogens is 1. The normalized spacial score (nSPS) is 11.8. The van der Waals surface area contributed by atoms with Crippen LogP contribution in [-0.2, 0) is 6.54 Å². The van der Waals surface area contributed by atoms with Gasteiger partial charge in [-0.05, 0) is 19.3 Å². The molecule has 5 nitrogen and oxygen atoms in total. The van der Waals surface area contributed by atoms with Crippen molar-refractivity contribution >= 4 is 29.9 Å². The standard InChI is InChI=1S/C14H24N4O.HI/c1-5-6-7-8-16-14(15-4)17-10-12-9-13(11(2)3)18-19-12;/h5-6,9,11H,7-8,10H2,1-4H3,(H2,15,16,17);1H. The van der Waals surface area contributed by atoms with Gasteiger partial charge in [0.25, 0.3) is 0 Å². The highest BCUT2D eigenvalue weighted by Crippen LogP contribution is 2.13. The molecule has 0 aliphatic heterocycles. The zero-order chi connectivity index (χ0) is 14.1. The Morgan fingerprint density at radius 2 is 2.20 bits per heavy atom. The van der Waals surface area contributed by atoms with E-state index in [1.807, 2.05) is 19.1 Å².